The van der Waals surface area contributed by atoms with Gasteiger partial charge in [-0.05, 0) is 49.6 Å². The van der Waals surface area contributed by atoms with Gasteiger partial charge in [0.1, 0.15) is 11.3 Å². The van der Waals surface area contributed by atoms with Crippen molar-refractivity contribution in [2.24, 2.45) is 0 Å². The van der Waals surface area contributed by atoms with Crippen molar-refractivity contribution in [2.75, 3.05) is 20.2 Å². The number of methoxy groups -OCH3 is 1. The number of carbonyl (C=O) groups is 1. The quantitative estimate of drug-likeness (QED) is 0.459. The maximum atomic E-state index is 12.5. The summed E-state index contributed by atoms with van der Waals surface area (Å²) in [5, 5.41) is 12.6. The average molecular weight is 432 g/mol. The van der Waals surface area contributed by atoms with Crippen molar-refractivity contribution in [3.8, 4) is 28.6 Å². The molecule has 0 N–H and O–H groups in total. The maximum Gasteiger partial charge on any atom is 0.262 e. The lowest BCUT2D eigenvalue weighted by atomic mass is 10.1. The van der Waals surface area contributed by atoms with E-state index in [2.05, 4.69) is 20.5 Å². The molecule has 0 atom stereocenters. The van der Waals surface area contributed by atoms with Gasteiger partial charge in [0, 0.05) is 25.1 Å². The molecule has 164 valence electrons. The van der Waals surface area contributed by atoms with Crippen LogP contribution >= 0.6 is 0 Å². The van der Waals surface area contributed by atoms with E-state index in [4.69, 9.17) is 9.26 Å². The van der Waals surface area contributed by atoms with Gasteiger partial charge in [-0.1, -0.05) is 22.5 Å². The SMILES string of the molecule is COc1ccccc1-c1nc(-c2ccc3c(c2)nnn3CCC(=O)N2CCCCC2)no1. The topological polar surface area (TPSA) is 99.2 Å². The summed E-state index contributed by atoms with van der Waals surface area (Å²) in [5.41, 5.74) is 3.10. The molecule has 1 fully saturated rings. The van der Waals surface area contributed by atoms with Gasteiger partial charge in [0.15, 0.2) is 0 Å². The number of aromatic nitrogens is 5. The highest BCUT2D eigenvalue weighted by Crippen LogP contribution is 2.30. The highest BCUT2D eigenvalue weighted by Gasteiger charge is 2.18. The van der Waals surface area contributed by atoms with Gasteiger partial charge in [0.2, 0.25) is 11.7 Å². The van der Waals surface area contributed by atoms with Crippen molar-refractivity contribution in [3.05, 3.63) is 42.5 Å². The van der Waals surface area contributed by atoms with E-state index in [1.165, 1.54) is 6.42 Å². The van der Waals surface area contributed by atoms with Crippen molar-refractivity contribution < 1.29 is 14.1 Å². The van der Waals surface area contributed by atoms with Crippen molar-refractivity contribution in [2.45, 2.75) is 32.2 Å². The summed E-state index contributed by atoms with van der Waals surface area (Å²) in [5.74, 6) is 1.70. The van der Waals surface area contributed by atoms with Gasteiger partial charge >= 0.3 is 0 Å². The molecular weight excluding hydrogens is 408 g/mol. The minimum atomic E-state index is 0.181. The monoisotopic (exact) mass is 432 g/mol. The van der Waals surface area contributed by atoms with Gasteiger partial charge in [0.05, 0.1) is 24.7 Å². The van der Waals surface area contributed by atoms with E-state index >= 15 is 0 Å². The van der Waals surface area contributed by atoms with Crippen LogP contribution in [0.1, 0.15) is 25.7 Å². The first-order valence-electron chi connectivity index (χ1n) is 10.8. The van der Waals surface area contributed by atoms with Crippen LogP contribution in [0, 0.1) is 0 Å². The molecule has 1 saturated heterocycles. The van der Waals surface area contributed by atoms with E-state index in [1.807, 2.05) is 47.4 Å². The smallest absolute Gasteiger partial charge is 0.262 e. The van der Waals surface area contributed by atoms with Crippen molar-refractivity contribution in [1.29, 1.82) is 0 Å². The second-order valence-electron chi connectivity index (χ2n) is 7.83. The van der Waals surface area contributed by atoms with Crippen molar-refractivity contribution in [3.63, 3.8) is 0 Å². The van der Waals surface area contributed by atoms with Gasteiger partial charge in [0.25, 0.3) is 5.89 Å². The molecule has 1 aliphatic rings. The third kappa shape index (κ3) is 3.93. The Labute approximate surface area is 185 Å². The van der Waals surface area contributed by atoms with Gasteiger partial charge < -0.3 is 14.2 Å². The normalized spacial score (nSPS) is 14.1. The van der Waals surface area contributed by atoms with Crippen LogP contribution in [0.4, 0.5) is 0 Å². The second kappa shape index (κ2) is 8.78. The number of rotatable bonds is 6. The average Bonchev–Trinajstić information content (AvgIpc) is 3.50. The van der Waals surface area contributed by atoms with E-state index < -0.39 is 0 Å². The van der Waals surface area contributed by atoms with Gasteiger partial charge in [-0.25, -0.2) is 4.68 Å². The number of fused-ring (bicyclic) bond motifs is 1. The van der Waals surface area contributed by atoms with E-state index in [-0.39, 0.29) is 5.91 Å². The lowest BCUT2D eigenvalue weighted by Gasteiger charge is -2.26. The standard InChI is InChI=1S/C23H24N6O3/c1-31-20-8-4-3-7-17(20)23-24-22(26-32-23)16-9-10-19-18(15-16)25-27-29(19)14-11-21(30)28-12-5-2-6-13-28/h3-4,7-10,15H,2,5-6,11-14H2,1H3. The summed E-state index contributed by atoms with van der Waals surface area (Å²) in [6.07, 6.45) is 3.82. The molecule has 4 aromatic rings. The number of nitrogens with zero attached hydrogens (tertiary/aromatic N) is 6. The number of carbonyl (C=O) groups excluding carboxylic acids is 1. The minimum Gasteiger partial charge on any atom is -0.496 e. The van der Waals surface area contributed by atoms with Crippen molar-refractivity contribution >= 4 is 16.9 Å². The van der Waals surface area contributed by atoms with E-state index in [0.29, 0.717) is 30.4 Å². The summed E-state index contributed by atoms with van der Waals surface area (Å²) < 4.78 is 12.6. The molecule has 0 bridgehead atoms. The lowest BCUT2D eigenvalue weighted by molar-refractivity contribution is -0.132. The summed E-state index contributed by atoms with van der Waals surface area (Å²) in [7, 11) is 1.60. The predicted octanol–water partition coefficient (Wildman–Crippen LogP) is 3.56. The van der Waals surface area contributed by atoms with Crippen LogP contribution < -0.4 is 4.74 Å². The Morgan fingerprint density at radius 3 is 2.81 bits per heavy atom. The number of piperidine rings is 1. The number of hydrogen-bond acceptors (Lipinski definition) is 7. The number of ether oxygens (including phenoxy) is 1. The fourth-order valence-corrected chi connectivity index (χ4v) is 4.05. The molecule has 1 amide bonds. The first-order valence-corrected chi connectivity index (χ1v) is 10.8. The van der Waals surface area contributed by atoms with Gasteiger partial charge in [-0.3, -0.25) is 4.79 Å². The summed E-state index contributed by atoms with van der Waals surface area (Å²) in [4.78, 5) is 18.9. The molecule has 3 heterocycles. The van der Waals surface area contributed by atoms with Gasteiger partial charge in [-0.2, -0.15) is 4.98 Å². The van der Waals surface area contributed by atoms with Crippen LogP contribution in [0.25, 0.3) is 33.9 Å². The predicted molar refractivity (Wildman–Crippen MR) is 118 cm³/mol. The maximum absolute atomic E-state index is 12.5. The molecule has 9 nitrogen and oxygen atoms in total. The highest BCUT2D eigenvalue weighted by molar-refractivity contribution is 5.81. The molecule has 5 rings (SSSR count). The first-order chi connectivity index (χ1) is 15.7. The van der Waals surface area contributed by atoms with Crippen LogP contribution in [0.2, 0.25) is 0 Å². The summed E-state index contributed by atoms with van der Waals surface area (Å²) in [6, 6.07) is 13.2. The molecule has 0 unspecified atom stereocenters. The van der Waals surface area contributed by atoms with Crippen molar-refractivity contribution in [1.82, 2.24) is 30.0 Å². The number of para-hydroxylation sites is 1. The Morgan fingerprint density at radius 2 is 1.97 bits per heavy atom. The van der Waals surface area contributed by atoms with Crippen LogP contribution in [-0.4, -0.2) is 56.1 Å². The largest absolute Gasteiger partial charge is 0.496 e. The summed E-state index contributed by atoms with van der Waals surface area (Å²) in [6.45, 7) is 2.23. The molecule has 0 saturated carbocycles. The molecule has 32 heavy (non-hydrogen) atoms. The van der Waals surface area contributed by atoms with Crippen LogP contribution in [0.3, 0.4) is 0 Å². The number of aryl methyl sites for hydroxylation is 1. The zero-order chi connectivity index (χ0) is 21.9. The minimum absolute atomic E-state index is 0.181. The van der Waals surface area contributed by atoms with E-state index in [0.717, 1.165) is 48.1 Å². The van der Waals surface area contributed by atoms with Crippen LogP contribution in [0.15, 0.2) is 47.0 Å². The highest BCUT2D eigenvalue weighted by atomic mass is 16.5. The third-order valence-electron chi connectivity index (χ3n) is 5.78. The molecule has 1 aliphatic heterocycles. The zero-order valence-electron chi connectivity index (χ0n) is 17.9. The lowest BCUT2D eigenvalue weighted by Crippen LogP contribution is -2.36. The van der Waals surface area contributed by atoms with E-state index in [1.54, 1.807) is 11.8 Å². The van der Waals surface area contributed by atoms with Crippen LogP contribution in [0.5, 0.6) is 5.75 Å². The molecule has 2 aromatic carbocycles. The summed E-state index contributed by atoms with van der Waals surface area (Å²) >= 11 is 0. The number of benzene rings is 2. The molecule has 9 heteroatoms. The Bertz CT molecular complexity index is 1240. The number of hydrogen-bond donors (Lipinski definition) is 0. The zero-order valence-corrected chi connectivity index (χ0v) is 17.9. The fraction of sp³-hybridized carbons (Fsp3) is 0.348. The first kappa shape index (κ1) is 20.2. The molecule has 2 aromatic heterocycles. The number of amides is 1. The fourth-order valence-electron chi connectivity index (χ4n) is 4.05. The number of likely N-dealkylation sites (tertiary alicyclic amines) is 1. The Morgan fingerprint density at radius 1 is 1.12 bits per heavy atom. The molecule has 0 aliphatic carbocycles. The molecular formula is C23H24N6O3. The Balaban J connectivity index is 1.33. The Hall–Kier alpha value is -3.75. The van der Waals surface area contributed by atoms with E-state index in [9.17, 15) is 4.79 Å². The third-order valence-corrected chi connectivity index (χ3v) is 5.78. The molecule has 0 radical (unpaired) electrons. The Kier molecular flexibility index (Phi) is 5.53. The second-order valence-corrected chi connectivity index (χ2v) is 7.83. The van der Waals surface area contributed by atoms with Crippen LogP contribution in [-0.2, 0) is 11.3 Å². The van der Waals surface area contributed by atoms with Gasteiger partial charge in [-0.15, -0.1) is 5.10 Å². The molecule has 0 spiro atoms.